The van der Waals surface area contributed by atoms with Crippen molar-refractivity contribution in [2.75, 3.05) is 12.4 Å². The van der Waals surface area contributed by atoms with Gasteiger partial charge >= 0.3 is 0 Å². The largest absolute Gasteiger partial charge is 0.493 e. The van der Waals surface area contributed by atoms with Gasteiger partial charge in [0.2, 0.25) is 0 Å². The minimum atomic E-state index is -1.54. The van der Waals surface area contributed by atoms with Crippen LogP contribution in [0.15, 0.2) is 60.7 Å². The molecular formula is C26H23ClFN3O5. The summed E-state index contributed by atoms with van der Waals surface area (Å²) in [7, 11) is 1.43. The predicted octanol–water partition coefficient (Wildman–Crippen LogP) is 4.63. The molecule has 1 spiro atoms. The van der Waals surface area contributed by atoms with Gasteiger partial charge in [0.1, 0.15) is 12.4 Å². The van der Waals surface area contributed by atoms with E-state index in [0.29, 0.717) is 22.4 Å². The third-order valence-electron chi connectivity index (χ3n) is 6.93. The van der Waals surface area contributed by atoms with E-state index in [1.54, 1.807) is 61.5 Å². The monoisotopic (exact) mass is 511 g/mol. The molecule has 1 saturated heterocycles. The summed E-state index contributed by atoms with van der Waals surface area (Å²) < 4.78 is 25.3. The average Bonchev–Trinajstić information content (AvgIpc) is 3.32. The van der Waals surface area contributed by atoms with Crippen molar-refractivity contribution in [3.8, 4) is 11.5 Å². The van der Waals surface area contributed by atoms with Crippen molar-refractivity contribution < 1.29 is 23.6 Å². The van der Waals surface area contributed by atoms with Gasteiger partial charge in [-0.2, -0.15) is 0 Å². The number of carbonyl (C=O) groups is 1. The number of nitrogens with zero attached hydrogens (tertiary/aromatic N) is 1. The van der Waals surface area contributed by atoms with Gasteiger partial charge in [0.25, 0.3) is 11.9 Å². The lowest BCUT2D eigenvalue weighted by atomic mass is 9.78. The standard InChI is InChI=1S/C26H23ClFN3O5/c1-14-22(24(31(33)34)26(30-14)17-8-4-6-10-20(17)29-25(26)32)16-11-18(27)23(21(12-16)35-2)36-13-15-7-3-5-9-19(15)28/h3-12,14,22,24,30H,13H2,1-2H3,(H,29,32)/t14-,22-,24-,26+/m0/s1. The number of anilines is 1. The van der Waals surface area contributed by atoms with Crippen molar-refractivity contribution in [1.82, 2.24) is 5.32 Å². The Morgan fingerprint density at radius 2 is 1.89 bits per heavy atom. The molecule has 0 aromatic heterocycles. The quantitative estimate of drug-likeness (QED) is 0.369. The van der Waals surface area contributed by atoms with Crippen LogP contribution >= 0.6 is 11.6 Å². The van der Waals surface area contributed by atoms with Crippen LogP contribution in [0, 0.1) is 15.9 Å². The Labute approximate surface area is 211 Å². The number of nitrogens with one attached hydrogen (secondary N) is 2. The van der Waals surface area contributed by atoms with Crippen LogP contribution in [0.3, 0.4) is 0 Å². The summed E-state index contributed by atoms with van der Waals surface area (Å²) in [5.74, 6) is -1.16. The van der Waals surface area contributed by atoms with Crippen LogP contribution in [0.25, 0.3) is 0 Å². The third kappa shape index (κ3) is 3.66. The highest BCUT2D eigenvalue weighted by atomic mass is 35.5. The van der Waals surface area contributed by atoms with Crippen LogP contribution < -0.4 is 20.1 Å². The second-order valence-corrected chi connectivity index (χ2v) is 9.32. The van der Waals surface area contributed by atoms with Gasteiger partial charge in [0.15, 0.2) is 17.0 Å². The van der Waals surface area contributed by atoms with E-state index in [4.69, 9.17) is 21.1 Å². The van der Waals surface area contributed by atoms with Gasteiger partial charge in [-0.1, -0.05) is 48.0 Å². The molecule has 186 valence electrons. The minimum Gasteiger partial charge on any atom is -0.493 e. The molecule has 1 fully saturated rings. The zero-order chi connectivity index (χ0) is 25.6. The molecule has 10 heteroatoms. The average molecular weight is 512 g/mol. The van der Waals surface area contributed by atoms with Gasteiger partial charge in [0, 0.05) is 27.8 Å². The van der Waals surface area contributed by atoms with E-state index in [2.05, 4.69) is 10.6 Å². The van der Waals surface area contributed by atoms with E-state index in [9.17, 15) is 19.3 Å². The first kappa shape index (κ1) is 24.0. The first-order chi connectivity index (χ1) is 17.3. The highest BCUT2D eigenvalue weighted by Gasteiger charge is 2.67. The molecule has 0 bridgehead atoms. The van der Waals surface area contributed by atoms with Gasteiger partial charge in [0.05, 0.1) is 18.1 Å². The molecule has 36 heavy (non-hydrogen) atoms. The molecule has 0 aliphatic carbocycles. The van der Waals surface area contributed by atoms with Gasteiger partial charge in [-0.25, -0.2) is 4.39 Å². The van der Waals surface area contributed by atoms with Crippen LogP contribution in [0.5, 0.6) is 11.5 Å². The zero-order valence-corrected chi connectivity index (χ0v) is 20.2. The van der Waals surface area contributed by atoms with Crippen LogP contribution in [-0.4, -0.2) is 30.0 Å². The lowest BCUT2D eigenvalue weighted by Crippen LogP contribution is -2.54. The second kappa shape index (κ2) is 9.07. The van der Waals surface area contributed by atoms with Gasteiger partial charge in [-0.3, -0.25) is 20.2 Å². The molecule has 5 rings (SSSR count). The lowest BCUT2D eigenvalue weighted by Gasteiger charge is -2.25. The summed E-state index contributed by atoms with van der Waals surface area (Å²) in [6, 6.07) is 14.6. The number of rotatable bonds is 6. The Bertz CT molecular complexity index is 1370. The number of amides is 1. The first-order valence-corrected chi connectivity index (χ1v) is 11.7. The van der Waals surface area contributed by atoms with Crippen molar-refractivity contribution in [2.24, 2.45) is 0 Å². The molecule has 8 nitrogen and oxygen atoms in total. The van der Waals surface area contributed by atoms with E-state index in [1.807, 2.05) is 0 Å². The zero-order valence-electron chi connectivity index (χ0n) is 19.5. The van der Waals surface area contributed by atoms with Crippen LogP contribution in [0.2, 0.25) is 5.02 Å². The summed E-state index contributed by atoms with van der Waals surface area (Å²) in [5.41, 5.74) is 0.403. The number of carbonyl (C=O) groups excluding carboxylic acids is 1. The Kier molecular flexibility index (Phi) is 6.05. The lowest BCUT2D eigenvalue weighted by molar-refractivity contribution is -0.532. The molecule has 3 aromatic carbocycles. The summed E-state index contributed by atoms with van der Waals surface area (Å²) in [6.45, 7) is 1.72. The highest BCUT2D eigenvalue weighted by Crippen LogP contribution is 2.51. The number of halogens is 2. The summed E-state index contributed by atoms with van der Waals surface area (Å²) in [5, 5.41) is 18.7. The van der Waals surface area contributed by atoms with Crippen LogP contribution in [0.1, 0.15) is 29.5 Å². The second-order valence-electron chi connectivity index (χ2n) is 8.91. The topological polar surface area (TPSA) is 103 Å². The number of nitro groups is 1. The van der Waals surface area contributed by atoms with E-state index in [-0.39, 0.29) is 23.1 Å². The van der Waals surface area contributed by atoms with Crippen LogP contribution in [-0.2, 0) is 16.9 Å². The Balaban J connectivity index is 1.54. The number of hydrogen-bond acceptors (Lipinski definition) is 6. The predicted molar refractivity (Wildman–Crippen MR) is 132 cm³/mol. The Hall–Kier alpha value is -3.69. The van der Waals surface area contributed by atoms with Crippen molar-refractivity contribution in [1.29, 1.82) is 0 Å². The third-order valence-corrected chi connectivity index (χ3v) is 7.21. The maximum atomic E-state index is 14.0. The van der Waals surface area contributed by atoms with E-state index in [1.165, 1.54) is 13.2 Å². The van der Waals surface area contributed by atoms with Crippen molar-refractivity contribution in [3.05, 3.63) is 98.3 Å². The molecule has 0 unspecified atom stereocenters. The first-order valence-electron chi connectivity index (χ1n) is 11.3. The van der Waals surface area contributed by atoms with Gasteiger partial charge in [-0.15, -0.1) is 0 Å². The van der Waals surface area contributed by atoms with Gasteiger partial charge < -0.3 is 14.8 Å². The van der Waals surface area contributed by atoms with Crippen molar-refractivity contribution >= 4 is 23.2 Å². The van der Waals surface area contributed by atoms with E-state index < -0.39 is 40.2 Å². The normalized spacial score (nSPS) is 24.4. The minimum absolute atomic E-state index is 0.0823. The maximum Gasteiger partial charge on any atom is 0.256 e. The van der Waals surface area contributed by atoms with E-state index >= 15 is 0 Å². The number of para-hydroxylation sites is 1. The van der Waals surface area contributed by atoms with Crippen molar-refractivity contribution in [3.63, 3.8) is 0 Å². The van der Waals surface area contributed by atoms with Gasteiger partial charge in [-0.05, 0) is 36.8 Å². The maximum absolute atomic E-state index is 14.0. The SMILES string of the molecule is COc1cc([C@@H]2[C@H](C)N[C@@]3(C(=O)Nc4ccccc43)[C@H]2[N+](=O)[O-])cc(Cl)c1OCc1ccccc1F. The smallest absolute Gasteiger partial charge is 0.256 e. The summed E-state index contributed by atoms with van der Waals surface area (Å²) >= 11 is 6.57. The fourth-order valence-electron chi connectivity index (χ4n) is 5.39. The molecule has 2 N–H and O–H groups in total. The molecule has 2 heterocycles. The molecule has 3 aromatic rings. The molecule has 2 aliphatic heterocycles. The Morgan fingerprint density at radius 1 is 1.17 bits per heavy atom. The van der Waals surface area contributed by atoms with E-state index in [0.717, 1.165) is 0 Å². The fraction of sp³-hybridized carbons (Fsp3) is 0.269. The Morgan fingerprint density at radius 3 is 2.61 bits per heavy atom. The van der Waals surface area contributed by atoms with Crippen molar-refractivity contribution in [2.45, 2.75) is 37.1 Å². The highest BCUT2D eigenvalue weighted by molar-refractivity contribution is 6.32. The summed E-state index contributed by atoms with van der Waals surface area (Å²) in [4.78, 5) is 25.3. The summed E-state index contributed by atoms with van der Waals surface area (Å²) in [6.07, 6.45) is 0. The molecule has 1 amide bonds. The number of fused-ring (bicyclic) bond motifs is 2. The molecule has 2 aliphatic rings. The molecule has 4 atom stereocenters. The number of ether oxygens (including phenoxy) is 2. The number of benzene rings is 3. The molecular weight excluding hydrogens is 489 g/mol. The van der Waals surface area contributed by atoms with Crippen LogP contribution in [0.4, 0.5) is 10.1 Å². The molecule has 0 saturated carbocycles. The number of methoxy groups -OCH3 is 1. The fourth-order valence-corrected chi connectivity index (χ4v) is 5.66. The molecule has 0 radical (unpaired) electrons. The number of hydrogen-bond donors (Lipinski definition) is 2.